The lowest BCUT2D eigenvalue weighted by atomic mass is 9.93. The Morgan fingerprint density at radius 1 is 1.37 bits per heavy atom. The molecule has 1 amide bonds. The third kappa shape index (κ3) is 2.45. The molecule has 0 saturated carbocycles. The fourth-order valence-corrected chi connectivity index (χ4v) is 2.99. The van der Waals surface area contributed by atoms with E-state index in [4.69, 9.17) is 4.74 Å². The van der Waals surface area contributed by atoms with Gasteiger partial charge in [-0.2, -0.15) is 0 Å². The van der Waals surface area contributed by atoms with E-state index in [9.17, 15) is 4.79 Å². The Kier molecular flexibility index (Phi) is 3.42. The molecule has 0 bridgehead atoms. The molecule has 0 radical (unpaired) electrons. The van der Waals surface area contributed by atoms with Crippen LogP contribution < -0.4 is 10.2 Å². The van der Waals surface area contributed by atoms with Crippen molar-refractivity contribution in [3.63, 3.8) is 0 Å². The number of carbonyl (C=O) groups excluding carboxylic acids is 1. The van der Waals surface area contributed by atoms with Crippen molar-refractivity contribution in [3.05, 3.63) is 29.8 Å². The van der Waals surface area contributed by atoms with Gasteiger partial charge >= 0.3 is 6.09 Å². The van der Waals surface area contributed by atoms with Gasteiger partial charge in [0.2, 0.25) is 0 Å². The molecule has 102 valence electrons. The summed E-state index contributed by atoms with van der Waals surface area (Å²) in [5, 5.41) is 3.38. The number of para-hydroxylation sites is 1. The molecule has 19 heavy (non-hydrogen) atoms. The lowest BCUT2D eigenvalue weighted by Gasteiger charge is -2.26. The second kappa shape index (κ2) is 5.21. The molecule has 1 aromatic rings. The van der Waals surface area contributed by atoms with E-state index in [0.717, 1.165) is 30.8 Å². The van der Waals surface area contributed by atoms with Gasteiger partial charge in [-0.1, -0.05) is 18.2 Å². The first-order valence-corrected chi connectivity index (χ1v) is 7.00. The third-order valence-corrected chi connectivity index (χ3v) is 4.10. The van der Waals surface area contributed by atoms with Gasteiger partial charge < -0.3 is 10.1 Å². The van der Waals surface area contributed by atoms with E-state index in [2.05, 4.69) is 5.32 Å². The van der Waals surface area contributed by atoms with Crippen LogP contribution in [0.2, 0.25) is 0 Å². The molecule has 2 aliphatic heterocycles. The van der Waals surface area contributed by atoms with Crippen LogP contribution in [0, 0.1) is 12.8 Å². The van der Waals surface area contributed by atoms with Crippen molar-refractivity contribution in [1.82, 2.24) is 5.32 Å². The topological polar surface area (TPSA) is 41.6 Å². The van der Waals surface area contributed by atoms with Crippen LogP contribution >= 0.6 is 0 Å². The first kappa shape index (κ1) is 12.5. The van der Waals surface area contributed by atoms with Gasteiger partial charge in [0.05, 0.1) is 12.2 Å². The van der Waals surface area contributed by atoms with E-state index < -0.39 is 0 Å². The largest absolute Gasteiger partial charge is 0.444 e. The van der Waals surface area contributed by atoms with Crippen molar-refractivity contribution in [2.75, 3.05) is 24.5 Å². The molecule has 2 fully saturated rings. The zero-order valence-corrected chi connectivity index (χ0v) is 11.3. The summed E-state index contributed by atoms with van der Waals surface area (Å²) in [5.74, 6) is 0.451. The van der Waals surface area contributed by atoms with E-state index in [-0.39, 0.29) is 12.2 Å². The summed E-state index contributed by atoms with van der Waals surface area (Å²) in [5.41, 5.74) is 2.08. The van der Waals surface area contributed by atoms with Crippen molar-refractivity contribution in [2.45, 2.75) is 25.9 Å². The number of cyclic esters (lactones) is 1. The summed E-state index contributed by atoms with van der Waals surface area (Å²) in [7, 11) is 0. The number of nitrogens with one attached hydrogen (secondary N) is 1. The summed E-state index contributed by atoms with van der Waals surface area (Å²) in [6.07, 6.45) is 2.14. The lowest BCUT2D eigenvalue weighted by molar-refractivity contribution is 0.0942. The summed E-state index contributed by atoms with van der Waals surface area (Å²) in [6.45, 7) is 4.74. The maximum absolute atomic E-state index is 12.1. The normalized spacial score (nSPS) is 27.4. The highest BCUT2D eigenvalue weighted by Gasteiger charge is 2.38. The molecule has 4 heteroatoms. The van der Waals surface area contributed by atoms with E-state index in [1.165, 1.54) is 6.42 Å². The molecule has 3 rings (SSSR count). The molecule has 2 atom stereocenters. The van der Waals surface area contributed by atoms with Gasteiger partial charge in [0.15, 0.2) is 0 Å². The highest BCUT2D eigenvalue weighted by molar-refractivity contribution is 5.90. The van der Waals surface area contributed by atoms with Gasteiger partial charge in [-0.05, 0) is 37.9 Å². The minimum atomic E-state index is -0.204. The molecule has 1 N–H and O–H groups in total. The average Bonchev–Trinajstić information content (AvgIpc) is 2.82. The molecule has 2 unspecified atom stereocenters. The highest BCUT2D eigenvalue weighted by Crippen LogP contribution is 2.29. The number of nitrogens with zero attached hydrogens (tertiary/aromatic N) is 1. The Labute approximate surface area is 113 Å². The van der Waals surface area contributed by atoms with Crippen molar-refractivity contribution in [1.29, 1.82) is 0 Å². The number of hydrogen-bond acceptors (Lipinski definition) is 3. The maximum atomic E-state index is 12.1. The Bertz CT molecular complexity index is 469. The van der Waals surface area contributed by atoms with Crippen LogP contribution in [0.4, 0.5) is 10.5 Å². The molecule has 2 heterocycles. The average molecular weight is 260 g/mol. The number of piperidine rings is 1. The summed E-state index contributed by atoms with van der Waals surface area (Å²) in [4.78, 5) is 13.8. The van der Waals surface area contributed by atoms with Gasteiger partial charge in [-0.15, -0.1) is 0 Å². The predicted molar refractivity (Wildman–Crippen MR) is 74.4 cm³/mol. The molecule has 2 aliphatic rings. The van der Waals surface area contributed by atoms with E-state index >= 15 is 0 Å². The van der Waals surface area contributed by atoms with Crippen molar-refractivity contribution < 1.29 is 9.53 Å². The molecule has 0 spiro atoms. The van der Waals surface area contributed by atoms with E-state index in [0.29, 0.717) is 12.5 Å². The van der Waals surface area contributed by atoms with E-state index in [1.807, 2.05) is 31.2 Å². The predicted octanol–water partition coefficient (Wildman–Crippen LogP) is 2.32. The molecular formula is C15H20N2O2. The van der Waals surface area contributed by atoms with Crippen molar-refractivity contribution in [3.8, 4) is 0 Å². The quantitative estimate of drug-likeness (QED) is 0.887. The molecule has 2 saturated heterocycles. The van der Waals surface area contributed by atoms with Crippen molar-refractivity contribution >= 4 is 11.8 Å². The van der Waals surface area contributed by atoms with Gasteiger partial charge in [0.1, 0.15) is 6.10 Å². The molecule has 4 nitrogen and oxygen atoms in total. The summed E-state index contributed by atoms with van der Waals surface area (Å²) >= 11 is 0. The van der Waals surface area contributed by atoms with Crippen LogP contribution in [0.3, 0.4) is 0 Å². The third-order valence-electron chi connectivity index (χ3n) is 4.10. The number of rotatable bonds is 2. The second-order valence-corrected chi connectivity index (χ2v) is 5.43. The Balaban J connectivity index is 1.75. The number of benzene rings is 1. The molecule has 1 aromatic carbocycles. The molecule has 0 aromatic heterocycles. The lowest BCUT2D eigenvalue weighted by Crippen LogP contribution is -2.38. The fourth-order valence-electron chi connectivity index (χ4n) is 2.99. The Morgan fingerprint density at radius 2 is 2.21 bits per heavy atom. The number of hydrogen-bond donors (Lipinski definition) is 1. The van der Waals surface area contributed by atoms with Crippen LogP contribution in [0.15, 0.2) is 24.3 Å². The monoisotopic (exact) mass is 260 g/mol. The number of aryl methyl sites for hydroxylation is 1. The van der Waals surface area contributed by atoms with Crippen LogP contribution in [0.25, 0.3) is 0 Å². The van der Waals surface area contributed by atoms with Gasteiger partial charge in [-0.25, -0.2) is 4.79 Å². The minimum absolute atomic E-state index is 0.0277. The molecular weight excluding hydrogens is 240 g/mol. The molecule has 0 aliphatic carbocycles. The summed E-state index contributed by atoms with van der Waals surface area (Å²) in [6, 6.07) is 7.96. The van der Waals surface area contributed by atoms with Crippen LogP contribution in [0.1, 0.15) is 18.4 Å². The van der Waals surface area contributed by atoms with Crippen LogP contribution in [-0.2, 0) is 4.74 Å². The second-order valence-electron chi connectivity index (χ2n) is 5.43. The highest BCUT2D eigenvalue weighted by atomic mass is 16.6. The zero-order chi connectivity index (χ0) is 13.2. The maximum Gasteiger partial charge on any atom is 0.414 e. The minimum Gasteiger partial charge on any atom is -0.444 e. The first-order chi connectivity index (χ1) is 9.25. The standard InChI is InChI=1S/C15H20N2O2/c1-11-5-2-3-7-13(11)17-10-14(19-15(17)18)12-6-4-8-16-9-12/h2-3,5,7,12,14,16H,4,6,8-10H2,1H3. The van der Waals surface area contributed by atoms with Gasteiger partial charge in [-0.3, -0.25) is 4.90 Å². The number of amides is 1. The van der Waals surface area contributed by atoms with Crippen molar-refractivity contribution in [2.24, 2.45) is 5.92 Å². The van der Waals surface area contributed by atoms with E-state index in [1.54, 1.807) is 4.90 Å². The van der Waals surface area contributed by atoms with Crippen LogP contribution in [-0.4, -0.2) is 31.8 Å². The Hall–Kier alpha value is -1.55. The van der Waals surface area contributed by atoms with Gasteiger partial charge in [0.25, 0.3) is 0 Å². The van der Waals surface area contributed by atoms with Gasteiger partial charge in [0, 0.05) is 12.5 Å². The Morgan fingerprint density at radius 3 is 2.95 bits per heavy atom. The van der Waals surface area contributed by atoms with Crippen LogP contribution in [0.5, 0.6) is 0 Å². The zero-order valence-electron chi connectivity index (χ0n) is 11.3. The summed E-state index contributed by atoms with van der Waals surface area (Å²) < 4.78 is 5.57. The fraction of sp³-hybridized carbons (Fsp3) is 0.533. The number of ether oxygens (including phenoxy) is 1. The number of anilines is 1. The first-order valence-electron chi connectivity index (χ1n) is 7.00. The SMILES string of the molecule is Cc1ccccc1N1CC(C2CCCNC2)OC1=O. The smallest absolute Gasteiger partial charge is 0.414 e. The number of carbonyl (C=O) groups is 1.